The minimum Gasteiger partial charge on any atom is -0.384 e. The van der Waals surface area contributed by atoms with Crippen LogP contribution in [0.4, 0.5) is 15.8 Å². The van der Waals surface area contributed by atoms with Gasteiger partial charge in [-0.25, -0.2) is 4.39 Å². The molecule has 0 atom stereocenters. The second-order valence-corrected chi connectivity index (χ2v) is 7.24. The first-order valence-corrected chi connectivity index (χ1v) is 9.66. The van der Waals surface area contributed by atoms with Crippen molar-refractivity contribution < 1.29 is 9.18 Å². The van der Waals surface area contributed by atoms with Crippen LogP contribution in [0.2, 0.25) is 0 Å². The zero-order valence-corrected chi connectivity index (χ0v) is 16.1. The number of amides is 1. The zero-order valence-electron chi connectivity index (χ0n) is 16.1. The Balaban J connectivity index is 1.47. The monoisotopic (exact) mass is 369 g/mol. The molecule has 1 saturated heterocycles. The molecule has 27 heavy (non-hydrogen) atoms. The van der Waals surface area contributed by atoms with Gasteiger partial charge < -0.3 is 15.1 Å². The average molecular weight is 369 g/mol. The SMILES string of the molecule is CC(C)c1ccccc1NCCC(=O)N1CCN(c2ccccc2F)CC1. The molecular weight excluding hydrogens is 341 g/mol. The van der Waals surface area contributed by atoms with Crippen LogP contribution in [-0.4, -0.2) is 43.5 Å². The van der Waals surface area contributed by atoms with E-state index in [0.717, 1.165) is 5.69 Å². The topological polar surface area (TPSA) is 35.6 Å². The average Bonchev–Trinajstić information content (AvgIpc) is 2.68. The van der Waals surface area contributed by atoms with Gasteiger partial charge in [0, 0.05) is 44.8 Å². The van der Waals surface area contributed by atoms with E-state index in [1.807, 2.05) is 28.0 Å². The standard InChI is InChI=1S/C22H28FN3O/c1-17(2)18-7-3-5-9-20(18)24-12-11-22(27)26-15-13-25(14-16-26)21-10-6-4-8-19(21)23/h3-10,17,24H,11-16H2,1-2H3. The van der Waals surface area contributed by atoms with Crippen molar-refractivity contribution in [2.45, 2.75) is 26.2 Å². The summed E-state index contributed by atoms with van der Waals surface area (Å²) in [5.41, 5.74) is 2.99. The molecule has 4 nitrogen and oxygen atoms in total. The van der Waals surface area contributed by atoms with Gasteiger partial charge in [-0.15, -0.1) is 0 Å². The van der Waals surface area contributed by atoms with Crippen molar-refractivity contribution in [3.8, 4) is 0 Å². The van der Waals surface area contributed by atoms with Crippen LogP contribution in [0.3, 0.4) is 0 Å². The van der Waals surface area contributed by atoms with Crippen molar-refractivity contribution >= 4 is 17.3 Å². The van der Waals surface area contributed by atoms with E-state index >= 15 is 0 Å². The Kier molecular flexibility index (Phi) is 6.32. The van der Waals surface area contributed by atoms with Gasteiger partial charge in [-0.3, -0.25) is 4.79 Å². The molecule has 0 aromatic heterocycles. The van der Waals surface area contributed by atoms with Crippen LogP contribution < -0.4 is 10.2 Å². The third kappa shape index (κ3) is 4.79. The quantitative estimate of drug-likeness (QED) is 0.833. The van der Waals surface area contributed by atoms with Crippen molar-refractivity contribution in [1.82, 2.24) is 4.90 Å². The molecular formula is C22H28FN3O. The molecule has 0 saturated carbocycles. The highest BCUT2D eigenvalue weighted by molar-refractivity contribution is 5.77. The minimum absolute atomic E-state index is 0.151. The van der Waals surface area contributed by atoms with Crippen LogP contribution in [0.5, 0.6) is 0 Å². The van der Waals surface area contributed by atoms with Crippen molar-refractivity contribution in [3.63, 3.8) is 0 Å². The Bertz CT molecular complexity index is 770. The fraction of sp³-hybridized carbons (Fsp3) is 0.409. The van der Waals surface area contributed by atoms with Crippen LogP contribution in [0.1, 0.15) is 31.7 Å². The molecule has 0 bridgehead atoms. The summed E-state index contributed by atoms with van der Waals surface area (Å²) in [6.45, 7) is 7.55. The fourth-order valence-corrected chi connectivity index (χ4v) is 3.53. The Labute approximate surface area is 161 Å². The van der Waals surface area contributed by atoms with Crippen molar-refractivity contribution in [2.24, 2.45) is 0 Å². The van der Waals surface area contributed by atoms with Gasteiger partial charge in [-0.2, -0.15) is 0 Å². The number of carbonyl (C=O) groups excluding carboxylic acids is 1. The van der Waals surface area contributed by atoms with Crippen LogP contribution in [0.15, 0.2) is 48.5 Å². The predicted molar refractivity (Wildman–Crippen MR) is 109 cm³/mol. The van der Waals surface area contributed by atoms with Gasteiger partial charge in [0.05, 0.1) is 5.69 Å². The number of anilines is 2. The number of rotatable bonds is 6. The summed E-state index contributed by atoms with van der Waals surface area (Å²) in [7, 11) is 0. The molecule has 1 aliphatic rings. The summed E-state index contributed by atoms with van der Waals surface area (Å²) < 4.78 is 13.9. The summed E-state index contributed by atoms with van der Waals surface area (Å²) in [6, 6.07) is 15.1. The number of halogens is 1. The predicted octanol–water partition coefficient (Wildman–Crippen LogP) is 4.10. The first-order chi connectivity index (χ1) is 13.1. The highest BCUT2D eigenvalue weighted by atomic mass is 19.1. The first-order valence-electron chi connectivity index (χ1n) is 9.66. The Morgan fingerprint density at radius 1 is 1.04 bits per heavy atom. The summed E-state index contributed by atoms with van der Waals surface area (Å²) in [5.74, 6) is 0.388. The lowest BCUT2D eigenvalue weighted by atomic mass is 10.0. The summed E-state index contributed by atoms with van der Waals surface area (Å²) >= 11 is 0. The first kappa shape index (κ1) is 19.2. The van der Waals surface area contributed by atoms with E-state index in [2.05, 4.69) is 31.3 Å². The minimum atomic E-state index is -0.203. The molecule has 1 heterocycles. The number of benzene rings is 2. The molecule has 0 aliphatic carbocycles. The summed E-state index contributed by atoms with van der Waals surface area (Å²) in [6.07, 6.45) is 0.464. The summed E-state index contributed by atoms with van der Waals surface area (Å²) in [4.78, 5) is 16.4. The van der Waals surface area contributed by atoms with E-state index in [9.17, 15) is 9.18 Å². The number of carbonyl (C=O) groups is 1. The number of para-hydroxylation sites is 2. The summed E-state index contributed by atoms with van der Waals surface area (Å²) in [5, 5.41) is 3.40. The third-order valence-corrected chi connectivity index (χ3v) is 5.06. The Morgan fingerprint density at radius 3 is 2.41 bits per heavy atom. The van der Waals surface area contributed by atoms with Gasteiger partial charge in [0.25, 0.3) is 0 Å². The van der Waals surface area contributed by atoms with Gasteiger partial charge >= 0.3 is 0 Å². The molecule has 3 rings (SSSR count). The van der Waals surface area contributed by atoms with E-state index < -0.39 is 0 Å². The lowest BCUT2D eigenvalue weighted by Crippen LogP contribution is -2.49. The number of nitrogens with zero attached hydrogens (tertiary/aromatic N) is 2. The van der Waals surface area contributed by atoms with Crippen molar-refractivity contribution in [3.05, 3.63) is 59.9 Å². The number of piperazine rings is 1. The highest BCUT2D eigenvalue weighted by Gasteiger charge is 2.22. The smallest absolute Gasteiger partial charge is 0.224 e. The number of hydrogen-bond acceptors (Lipinski definition) is 3. The van der Waals surface area contributed by atoms with E-state index in [4.69, 9.17) is 0 Å². The largest absolute Gasteiger partial charge is 0.384 e. The van der Waals surface area contributed by atoms with Gasteiger partial charge in [-0.05, 0) is 29.7 Å². The molecule has 1 fully saturated rings. The Morgan fingerprint density at radius 2 is 1.70 bits per heavy atom. The van der Waals surface area contributed by atoms with E-state index in [1.54, 1.807) is 12.1 Å². The molecule has 2 aromatic carbocycles. The van der Waals surface area contributed by atoms with Gasteiger partial charge in [-0.1, -0.05) is 44.2 Å². The molecule has 1 amide bonds. The zero-order chi connectivity index (χ0) is 19.2. The van der Waals surface area contributed by atoms with Crippen LogP contribution >= 0.6 is 0 Å². The molecule has 2 aromatic rings. The lowest BCUT2D eigenvalue weighted by Gasteiger charge is -2.36. The van der Waals surface area contributed by atoms with Crippen molar-refractivity contribution in [1.29, 1.82) is 0 Å². The fourth-order valence-electron chi connectivity index (χ4n) is 3.53. The molecule has 1 aliphatic heterocycles. The van der Waals surface area contributed by atoms with Gasteiger partial charge in [0.1, 0.15) is 5.82 Å². The van der Waals surface area contributed by atoms with E-state index in [-0.39, 0.29) is 11.7 Å². The molecule has 144 valence electrons. The molecule has 1 N–H and O–H groups in total. The number of nitrogens with one attached hydrogen (secondary N) is 1. The second kappa shape index (κ2) is 8.89. The van der Waals surface area contributed by atoms with Crippen molar-refractivity contribution in [2.75, 3.05) is 42.9 Å². The molecule has 0 spiro atoms. The maximum Gasteiger partial charge on any atom is 0.224 e. The molecule has 0 radical (unpaired) electrons. The number of hydrogen-bond donors (Lipinski definition) is 1. The maximum atomic E-state index is 13.9. The van der Waals surface area contributed by atoms with Crippen LogP contribution in [0.25, 0.3) is 0 Å². The maximum absolute atomic E-state index is 13.9. The third-order valence-electron chi connectivity index (χ3n) is 5.06. The van der Waals surface area contributed by atoms with E-state index in [0.29, 0.717) is 50.7 Å². The molecule has 5 heteroatoms. The molecule has 0 unspecified atom stereocenters. The lowest BCUT2D eigenvalue weighted by molar-refractivity contribution is -0.131. The Hall–Kier alpha value is -2.56. The van der Waals surface area contributed by atoms with Gasteiger partial charge in [0.15, 0.2) is 0 Å². The van der Waals surface area contributed by atoms with E-state index in [1.165, 1.54) is 11.6 Å². The second-order valence-electron chi connectivity index (χ2n) is 7.24. The van der Waals surface area contributed by atoms with Gasteiger partial charge in [0.2, 0.25) is 5.91 Å². The van der Waals surface area contributed by atoms with Crippen LogP contribution in [-0.2, 0) is 4.79 Å². The highest BCUT2D eigenvalue weighted by Crippen LogP contribution is 2.24. The normalized spacial score (nSPS) is 14.5. The van der Waals surface area contributed by atoms with Crippen LogP contribution in [0, 0.1) is 5.82 Å².